The molecule has 1 aliphatic heterocycles. The summed E-state index contributed by atoms with van der Waals surface area (Å²) in [7, 11) is 1.94. The first kappa shape index (κ1) is 19.2. The van der Waals surface area contributed by atoms with Crippen molar-refractivity contribution in [1.29, 1.82) is 0 Å². The number of hydrogen-bond acceptors (Lipinski definition) is 6. The fraction of sp³-hybridized carbons (Fsp3) is 0.421. The molecule has 1 saturated carbocycles. The summed E-state index contributed by atoms with van der Waals surface area (Å²) in [6.07, 6.45) is -1.46. The molecule has 158 valence electrons. The largest absolute Gasteiger partial charge is 0.573 e. The van der Waals surface area contributed by atoms with Gasteiger partial charge < -0.3 is 14.4 Å². The quantitative estimate of drug-likeness (QED) is 0.591. The Morgan fingerprint density at radius 2 is 2.03 bits per heavy atom. The van der Waals surface area contributed by atoms with Crippen LogP contribution in [0.25, 0.3) is 17.0 Å². The molecule has 1 fully saturated rings. The normalized spacial score (nSPS) is 18.0. The van der Waals surface area contributed by atoms with E-state index in [-0.39, 0.29) is 22.1 Å². The molecule has 1 aliphatic carbocycles. The van der Waals surface area contributed by atoms with E-state index >= 15 is 0 Å². The number of rotatable bonds is 2. The number of halogens is 4. The van der Waals surface area contributed by atoms with Gasteiger partial charge in [0.05, 0.1) is 6.61 Å². The van der Waals surface area contributed by atoms with Crippen LogP contribution >= 0.6 is 11.6 Å². The number of ether oxygens (including phenoxy) is 2. The van der Waals surface area contributed by atoms with Crippen LogP contribution in [0.15, 0.2) is 24.3 Å². The van der Waals surface area contributed by atoms with E-state index in [1.807, 2.05) is 11.9 Å². The highest BCUT2D eigenvalue weighted by molar-refractivity contribution is 6.31. The topological polar surface area (TPSA) is 64.8 Å². The van der Waals surface area contributed by atoms with Crippen molar-refractivity contribution in [1.82, 2.24) is 19.8 Å². The summed E-state index contributed by atoms with van der Waals surface area (Å²) in [4.78, 5) is 2.05. The molecule has 3 heterocycles. The minimum atomic E-state index is -4.79. The van der Waals surface area contributed by atoms with E-state index in [1.54, 1.807) is 6.07 Å². The van der Waals surface area contributed by atoms with Crippen LogP contribution < -0.4 is 14.4 Å². The summed E-state index contributed by atoms with van der Waals surface area (Å²) in [5.41, 5.74) is 1.53. The molecule has 3 aromatic rings. The summed E-state index contributed by atoms with van der Waals surface area (Å²) >= 11 is 6.44. The van der Waals surface area contributed by atoms with Crippen molar-refractivity contribution >= 4 is 22.9 Å². The zero-order chi connectivity index (χ0) is 21.1. The standard InChI is InChI=1S/C19H17ClF3N5O2/c1-27-9-18(6-3-7-18)10-29-14-13(27)17-25-24-16(28(17)26-15(14)20)11-4-2-5-12(8-11)30-19(21,22)23/h2,4-5,8H,3,6-7,9-10H2,1H3. The number of hydrogen-bond donors (Lipinski definition) is 0. The smallest absolute Gasteiger partial charge is 0.487 e. The number of aromatic nitrogens is 4. The minimum absolute atomic E-state index is 0.0835. The second-order valence-electron chi connectivity index (χ2n) is 7.80. The number of alkyl halides is 3. The molecule has 1 spiro atoms. The van der Waals surface area contributed by atoms with Crippen LogP contribution in [-0.2, 0) is 0 Å². The Balaban J connectivity index is 1.60. The van der Waals surface area contributed by atoms with Gasteiger partial charge in [0.1, 0.15) is 11.4 Å². The summed E-state index contributed by atoms with van der Waals surface area (Å²) in [6, 6.07) is 5.49. The summed E-state index contributed by atoms with van der Waals surface area (Å²) in [6.45, 7) is 1.34. The van der Waals surface area contributed by atoms with E-state index in [1.165, 1.54) is 29.1 Å². The third kappa shape index (κ3) is 3.19. The molecule has 2 aromatic heterocycles. The highest BCUT2D eigenvalue weighted by Crippen LogP contribution is 2.48. The second-order valence-corrected chi connectivity index (χ2v) is 8.16. The lowest BCUT2D eigenvalue weighted by Gasteiger charge is -2.42. The van der Waals surface area contributed by atoms with Crippen LogP contribution in [0.2, 0.25) is 5.15 Å². The molecule has 0 bridgehead atoms. The maximum Gasteiger partial charge on any atom is 0.573 e. The van der Waals surface area contributed by atoms with Gasteiger partial charge in [-0.1, -0.05) is 30.2 Å². The average molecular weight is 440 g/mol. The van der Waals surface area contributed by atoms with Crippen molar-refractivity contribution in [3.05, 3.63) is 29.4 Å². The van der Waals surface area contributed by atoms with Gasteiger partial charge in [0.2, 0.25) is 5.65 Å². The zero-order valence-corrected chi connectivity index (χ0v) is 16.7. The third-order valence-corrected chi connectivity index (χ3v) is 5.91. The fourth-order valence-electron chi connectivity index (χ4n) is 4.17. The molecule has 5 rings (SSSR count). The van der Waals surface area contributed by atoms with Gasteiger partial charge in [-0.05, 0) is 25.0 Å². The van der Waals surface area contributed by atoms with Crippen molar-refractivity contribution in [2.24, 2.45) is 5.41 Å². The van der Waals surface area contributed by atoms with E-state index in [2.05, 4.69) is 20.0 Å². The number of fused-ring (bicyclic) bond motifs is 3. The van der Waals surface area contributed by atoms with Gasteiger partial charge in [-0.3, -0.25) is 0 Å². The predicted molar refractivity (Wildman–Crippen MR) is 103 cm³/mol. The first-order valence-electron chi connectivity index (χ1n) is 9.40. The molecule has 0 atom stereocenters. The first-order valence-corrected chi connectivity index (χ1v) is 9.78. The van der Waals surface area contributed by atoms with E-state index < -0.39 is 6.36 Å². The first-order chi connectivity index (χ1) is 14.2. The predicted octanol–water partition coefficient (Wildman–Crippen LogP) is 4.34. The van der Waals surface area contributed by atoms with Gasteiger partial charge in [0.25, 0.3) is 0 Å². The molecule has 2 aliphatic rings. The van der Waals surface area contributed by atoms with Gasteiger partial charge in [0.15, 0.2) is 16.7 Å². The van der Waals surface area contributed by atoms with Crippen LogP contribution in [0, 0.1) is 5.41 Å². The molecule has 30 heavy (non-hydrogen) atoms. The molecular formula is C19H17ClF3N5O2. The molecule has 0 unspecified atom stereocenters. The van der Waals surface area contributed by atoms with E-state index in [0.717, 1.165) is 19.4 Å². The van der Waals surface area contributed by atoms with Crippen LogP contribution in [-0.4, -0.2) is 46.4 Å². The van der Waals surface area contributed by atoms with Crippen molar-refractivity contribution in [2.75, 3.05) is 25.1 Å². The third-order valence-electron chi connectivity index (χ3n) is 5.66. The molecule has 0 amide bonds. The van der Waals surface area contributed by atoms with Crippen molar-refractivity contribution in [2.45, 2.75) is 25.6 Å². The van der Waals surface area contributed by atoms with E-state index in [4.69, 9.17) is 16.3 Å². The molecule has 11 heteroatoms. The van der Waals surface area contributed by atoms with E-state index in [0.29, 0.717) is 29.3 Å². The second kappa shape index (κ2) is 6.63. The SMILES string of the molecule is CN1CC2(CCC2)COc2c(Cl)nn3c(-c4cccc(OC(F)(F)F)c4)nnc3c21. The Labute approximate surface area is 174 Å². The minimum Gasteiger partial charge on any atom is -0.487 e. The van der Waals surface area contributed by atoms with Crippen LogP contribution in [0.1, 0.15) is 19.3 Å². The van der Waals surface area contributed by atoms with Gasteiger partial charge in [-0.25, -0.2) is 0 Å². The van der Waals surface area contributed by atoms with Gasteiger partial charge in [-0.15, -0.1) is 28.5 Å². The van der Waals surface area contributed by atoms with Gasteiger partial charge >= 0.3 is 6.36 Å². The van der Waals surface area contributed by atoms with Gasteiger partial charge in [0, 0.05) is 24.6 Å². The Kier molecular flexibility index (Phi) is 4.25. The number of nitrogens with zero attached hydrogens (tertiary/aromatic N) is 5. The van der Waals surface area contributed by atoms with Crippen molar-refractivity contribution < 1.29 is 22.6 Å². The molecule has 1 aromatic carbocycles. The molecule has 0 N–H and O–H groups in total. The lowest BCUT2D eigenvalue weighted by atomic mass is 9.69. The van der Waals surface area contributed by atoms with Crippen LogP contribution in [0.4, 0.5) is 18.9 Å². The number of benzene rings is 1. The monoisotopic (exact) mass is 439 g/mol. The molecule has 7 nitrogen and oxygen atoms in total. The zero-order valence-electron chi connectivity index (χ0n) is 15.9. The molecular weight excluding hydrogens is 423 g/mol. The summed E-state index contributed by atoms with van der Waals surface area (Å²) < 4.78 is 49.2. The highest BCUT2D eigenvalue weighted by atomic mass is 35.5. The van der Waals surface area contributed by atoms with E-state index in [9.17, 15) is 13.2 Å². The summed E-state index contributed by atoms with van der Waals surface area (Å²) in [5.74, 6) is 0.340. The average Bonchev–Trinajstić information content (AvgIpc) is 2.97. The highest BCUT2D eigenvalue weighted by Gasteiger charge is 2.42. The maximum absolute atomic E-state index is 12.6. The van der Waals surface area contributed by atoms with Crippen molar-refractivity contribution in [3.63, 3.8) is 0 Å². The maximum atomic E-state index is 12.6. The Bertz CT molecular complexity index is 1130. The fourth-order valence-corrected chi connectivity index (χ4v) is 4.39. The Morgan fingerprint density at radius 1 is 1.23 bits per heavy atom. The molecule has 0 radical (unpaired) electrons. The van der Waals surface area contributed by atoms with Gasteiger partial charge in [-0.2, -0.15) is 4.52 Å². The van der Waals surface area contributed by atoms with Crippen LogP contribution in [0.5, 0.6) is 11.5 Å². The number of anilines is 1. The van der Waals surface area contributed by atoms with Crippen LogP contribution in [0.3, 0.4) is 0 Å². The Hall–Kier alpha value is -2.75. The lowest BCUT2D eigenvalue weighted by Crippen LogP contribution is -2.43. The van der Waals surface area contributed by atoms with Crippen molar-refractivity contribution in [3.8, 4) is 22.9 Å². The Morgan fingerprint density at radius 3 is 2.73 bits per heavy atom. The molecule has 0 saturated heterocycles. The lowest BCUT2D eigenvalue weighted by molar-refractivity contribution is -0.274. The summed E-state index contributed by atoms with van der Waals surface area (Å²) in [5, 5.41) is 12.9.